The van der Waals surface area contributed by atoms with Crippen LogP contribution in [0.3, 0.4) is 0 Å². The number of Topliss-reactive ketones (excluding diaryl/α,β-unsaturated/α-hetero) is 1. The molecule has 2 rings (SSSR count). The van der Waals surface area contributed by atoms with Crippen molar-refractivity contribution in [2.45, 2.75) is 13.8 Å². The zero-order valence-electron chi connectivity index (χ0n) is 10.2. The van der Waals surface area contributed by atoms with Gasteiger partial charge in [-0.2, -0.15) is 0 Å². The summed E-state index contributed by atoms with van der Waals surface area (Å²) in [6.45, 7) is 3.94. The molecule has 1 heterocycles. The van der Waals surface area contributed by atoms with E-state index in [1.165, 1.54) is 11.3 Å². The summed E-state index contributed by atoms with van der Waals surface area (Å²) in [4.78, 5) is 13.7. The van der Waals surface area contributed by atoms with E-state index in [0.29, 0.717) is 10.8 Å². The van der Waals surface area contributed by atoms with Gasteiger partial charge in [0.1, 0.15) is 5.75 Å². The van der Waals surface area contributed by atoms with Crippen LogP contribution in [0.25, 0.3) is 0 Å². The molecule has 0 unspecified atom stereocenters. The zero-order valence-corrected chi connectivity index (χ0v) is 11.8. The Labute approximate surface area is 115 Å². The third-order valence-electron chi connectivity index (χ3n) is 2.51. The number of carbonyl (C=O) groups is 1. The highest BCUT2D eigenvalue weighted by molar-refractivity contribution is 7.14. The lowest BCUT2D eigenvalue weighted by molar-refractivity contribution is 0.0925. The number of benzene rings is 1. The van der Waals surface area contributed by atoms with E-state index in [-0.39, 0.29) is 12.4 Å². The zero-order chi connectivity index (χ0) is 13.1. The third-order valence-corrected chi connectivity index (χ3v) is 3.79. The van der Waals surface area contributed by atoms with Crippen molar-refractivity contribution in [3.8, 4) is 5.75 Å². The van der Waals surface area contributed by atoms with Crippen LogP contribution in [0, 0.1) is 13.8 Å². The number of carbonyl (C=O) groups excluding carboxylic acids is 1. The van der Waals surface area contributed by atoms with E-state index in [1.807, 2.05) is 32.0 Å². The Morgan fingerprint density at radius 3 is 2.67 bits per heavy atom. The maximum atomic E-state index is 11.9. The van der Waals surface area contributed by atoms with Gasteiger partial charge in [0.2, 0.25) is 5.78 Å². The van der Waals surface area contributed by atoms with Gasteiger partial charge in [0, 0.05) is 9.90 Å². The molecule has 94 valence electrons. The van der Waals surface area contributed by atoms with Crippen molar-refractivity contribution in [2.75, 3.05) is 6.61 Å². The molecule has 1 aromatic heterocycles. The van der Waals surface area contributed by atoms with Crippen LogP contribution in [0.15, 0.2) is 30.3 Å². The molecule has 0 atom stereocenters. The first-order valence-corrected chi connectivity index (χ1v) is 6.74. The van der Waals surface area contributed by atoms with Crippen molar-refractivity contribution in [3.05, 3.63) is 50.7 Å². The van der Waals surface area contributed by atoms with Crippen molar-refractivity contribution in [1.82, 2.24) is 0 Å². The fourth-order valence-electron chi connectivity index (χ4n) is 1.57. The minimum atomic E-state index is 0.00227. The number of ether oxygens (including phenoxy) is 1. The Hall–Kier alpha value is -1.32. The molecule has 0 amide bonds. The molecule has 0 radical (unpaired) electrons. The van der Waals surface area contributed by atoms with E-state index >= 15 is 0 Å². The molecular weight excluding hydrogens is 268 g/mol. The summed E-state index contributed by atoms with van der Waals surface area (Å²) >= 11 is 7.34. The van der Waals surface area contributed by atoms with Gasteiger partial charge >= 0.3 is 0 Å². The highest BCUT2D eigenvalue weighted by Gasteiger charge is 2.10. The van der Waals surface area contributed by atoms with E-state index in [1.54, 1.807) is 12.1 Å². The van der Waals surface area contributed by atoms with Crippen molar-refractivity contribution >= 4 is 28.7 Å². The second-order valence-electron chi connectivity index (χ2n) is 4.03. The fraction of sp³-hybridized carbons (Fsp3) is 0.214. The van der Waals surface area contributed by atoms with Gasteiger partial charge in [-0.25, -0.2) is 0 Å². The first-order chi connectivity index (χ1) is 8.56. The number of rotatable bonds is 4. The summed E-state index contributed by atoms with van der Waals surface area (Å²) in [5, 5.41) is 0.667. The standard InChI is InChI=1S/C14H13ClO2S/c1-9-7-11(15)4-5-13(9)17-8-12(16)14-6-3-10(2)18-14/h3-7H,8H2,1-2H3. The Morgan fingerprint density at radius 2 is 2.06 bits per heavy atom. The number of ketones is 1. The Kier molecular flexibility index (Phi) is 4.04. The molecule has 0 aliphatic heterocycles. The molecule has 4 heteroatoms. The van der Waals surface area contributed by atoms with Crippen molar-refractivity contribution in [1.29, 1.82) is 0 Å². The van der Waals surface area contributed by atoms with Gasteiger partial charge in [-0.15, -0.1) is 11.3 Å². The van der Waals surface area contributed by atoms with Gasteiger partial charge in [0.05, 0.1) is 4.88 Å². The van der Waals surface area contributed by atoms with Crippen LogP contribution < -0.4 is 4.74 Å². The van der Waals surface area contributed by atoms with Crippen molar-refractivity contribution in [3.63, 3.8) is 0 Å². The summed E-state index contributed by atoms with van der Waals surface area (Å²) in [7, 11) is 0. The van der Waals surface area contributed by atoms with Gasteiger partial charge in [-0.3, -0.25) is 4.79 Å². The Morgan fingerprint density at radius 1 is 1.28 bits per heavy atom. The van der Waals surface area contributed by atoms with Crippen LogP contribution in [-0.4, -0.2) is 12.4 Å². The van der Waals surface area contributed by atoms with Gasteiger partial charge in [0.15, 0.2) is 6.61 Å². The minimum Gasteiger partial charge on any atom is -0.485 e. The SMILES string of the molecule is Cc1ccc(C(=O)COc2ccc(Cl)cc2C)s1. The topological polar surface area (TPSA) is 26.3 Å². The highest BCUT2D eigenvalue weighted by atomic mass is 35.5. The normalized spacial score (nSPS) is 10.4. The number of halogens is 1. The van der Waals surface area contributed by atoms with Crippen LogP contribution in [0.5, 0.6) is 5.75 Å². The predicted molar refractivity (Wildman–Crippen MR) is 75.1 cm³/mol. The quantitative estimate of drug-likeness (QED) is 0.782. The van der Waals surface area contributed by atoms with E-state index < -0.39 is 0 Å². The first-order valence-electron chi connectivity index (χ1n) is 5.55. The maximum absolute atomic E-state index is 11.9. The van der Waals surface area contributed by atoms with Crippen LogP contribution in [0.2, 0.25) is 5.02 Å². The number of aryl methyl sites for hydroxylation is 2. The first kappa shape index (κ1) is 13.1. The molecule has 0 bridgehead atoms. The Bertz CT molecular complexity index is 575. The molecule has 1 aromatic carbocycles. The van der Waals surface area contributed by atoms with E-state index in [2.05, 4.69) is 0 Å². The van der Waals surface area contributed by atoms with E-state index in [0.717, 1.165) is 15.3 Å². The lowest BCUT2D eigenvalue weighted by atomic mass is 10.2. The van der Waals surface area contributed by atoms with Crippen LogP contribution in [0.4, 0.5) is 0 Å². The van der Waals surface area contributed by atoms with Gasteiger partial charge < -0.3 is 4.74 Å². The molecule has 0 fully saturated rings. The molecular formula is C14H13ClO2S. The Balaban J connectivity index is 2.01. The highest BCUT2D eigenvalue weighted by Crippen LogP contribution is 2.22. The van der Waals surface area contributed by atoms with E-state index in [4.69, 9.17) is 16.3 Å². The number of hydrogen-bond donors (Lipinski definition) is 0. The summed E-state index contributed by atoms with van der Waals surface area (Å²) in [5.41, 5.74) is 0.928. The average Bonchev–Trinajstić information content (AvgIpc) is 2.74. The summed E-state index contributed by atoms with van der Waals surface area (Å²) < 4.78 is 5.52. The van der Waals surface area contributed by atoms with Crippen molar-refractivity contribution < 1.29 is 9.53 Å². The van der Waals surface area contributed by atoms with E-state index in [9.17, 15) is 4.79 Å². The molecule has 0 N–H and O–H groups in total. The van der Waals surface area contributed by atoms with Gasteiger partial charge in [-0.05, 0) is 49.7 Å². The predicted octanol–water partition coefficient (Wildman–Crippen LogP) is 4.28. The molecule has 2 aromatic rings. The molecule has 0 saturated carbocycles. The number of thiophene rings is 1. The minimum absolute atomic E-state index is 0.00227. The lowest BCUT2D eigenvalue weighted by Gasteiger charge is -2.07. The second-order valence-corrected chi connectivity index (χ2v) is 5.76. The third kappa shape index (κ3) is 3.12. The van der Waals surface area contributed by atoms with Gasteiger partial charge in [-0.1, -0.05) is 11.6 Å². The smallest absolute Gasteiger partial charge is 0.210 e. The molecule has 18 heavy (non-hydrogen) atoms. The molecule has 2 nitrogen and oxygen atoms in total. The fourth-order valence-corrected chi connectivity index (χ4v) is 2.59. The largest absolute Gasteiger partial charge is 0.485 e. The molecule has 0 spiro atoms. The summed E-state index contributed by atoms with van der Waals surface area (Å²) in [6, 6.07) is 9.12. The molecule has 0 aliphatic rings. The molecule has 0 saturated heterocycles. The summed E-state index contributed by atoms with van der Waals surface area (Å²) in [5.74, 6) is 0.698. The molecule has 0 aliphatic carbocycles. The number of hydrogen-bond acceptors (Lipinski definition) is 3. The van der Waals surface area contributed by atoms with Crippen LogP contribution in [-0.2, 0) is 0 Å². The summed E-state index contributed by atoms with van der Waals surface area (Å²) in [6.07, 6.45) is 0. The average molecular weight is 281 g/mol. The van der Waals surface area contributed by atoms with Crippen molar-refractivity contribution in [2.24, 2.45) is 0 Å². The maximum Gasteiger partial charge on any atom is 0.210 e. The monoisotopic (exact) mass is 280 g/mol. The lowest BCUT2D eigenvalue weighted by Crippen LogP contribution is -2.10. The van der Waals surface area contributed by atoms with Gasteiger partial charge in [0.25, 0.3) is 0 Å². The second kappa shape index (κ2) is 5.55. The van der Waals surface area contributed by atoms with Crippen LogP contribution in [0.1, 0.15) is 20.1 Å². The van der Waals surface area contributed by atoms with Crippen LogP contribution >= 0.6 is 22.9 Å².